The number of hydrazine groups is 1. The quantitative estimate of drug-likeness (QED) is 0.251. The van der Waals surface area contributed by atoms with Crippen molar-refractivity contribution in [2.24, 2.45) is 0 Å². The fraction of sp³-hybridized carbons (Fsp3) is 0.200. The maximum atomic E-state index is 13.9. The second-order valence-electron chi connectivity index (χ2n) is 5.54. The molecule has 0 spiro atoms. The van der Waals surface area contributed by atoms with E-state index >= 15 is 0 Å². The van der Waals surface area contributed by atoms with Crippen molar-refractivity contribution in [3.05, 3.63) is 71.0 Å². The number of ether oxygens (including phenoxy) is 2. The van der Waals surface area contributed by atoms with Crippen LogP contribution in [0.5, 0.6) is 11.5 Å². The summed E-state index contributed by atoms with van der Waals surface area (Å²) in [5.41, 5.74) is 3.96. The molecule has 5 nitrogen and oxygen atoms in total. The number of thiocarbonyl (C=S) groups is 1. The Kier molecular flexibility index (Phi) is 8.71. The SMILES string of the molecule is C=CCNC(=S)N[NH+]=Cc1ccc(OCc2c(F)cccc2Cl)c(OCC)c1. The van der Waals surface area contributed by atoms with E-state index < -0.39 is 5.82 Å². The van der Waals surface area contributed by atoms with Gasteiger partial charge in [-0.1, -0.05) is 23.7 Å². The third kappa shape index (κ3) is 6.51. The first-order chi connectivity index (χ1) is 13.5. The van der Waals surface area contributed by atoms with E-state index in [0.717, 1.165) is 5.56 Å². The lowest BCUT2D eigenvalue weighted by Gasteiger charge is -2.13. The largest absolute Gasteiger partial charge is 0.490 e. The molecule has 3 N–H and O–H groups in total. The molecule has 2 aromatic carbocycles. The van der Waals surface area contributed by atoms with Crippen LogP contribution >= 0.6 is 23.8 Å². The van der Waals surface area contributed by atoms with E-state index in [4.69, 9.17) is 33.3 Å². The Morgan fingerprint density at radius 1 is 1.29 bits per heavy atom. The number of benzene rings is 2. The molecule has 0 unspecified atom stereocenters. The van der Waals surface area contributed by atoms with Crippen molar-refractivity contribution < 1.29 is 19.0 Å². The van der Waals surface area contributed by atoms with Crippen molar-refractivity contribution in [3.63, 3.8) is 0 Å². The molecule has 0 saturated carbocycles. The van der Waals surface area contributed by atoms with E-state index in [1.165, 1.54) is 6.07 Å². The summed E-state index contributed by atoms with van der Waals surface area (Å²) in [6, 6.07) is 9.90. The third-order valence-electron chi connectivity index (χ3n) is 3.53. The minimum Gasteiger partial charge on any atom is -0.490 e. The van der Waals surface area contributed by atoms with Gasteiger partial charge in [-0.2, -0.15) is 0 Å². The number of halogens is 2. The van der Waals surface area contributed by atoms with Crippen LogP contribution in [0.4, 0.5) is 4.39 Å². The molecule has 0 saturated heterocycles. The van der Waals surface area contributed by atoms with Gasteiger partial charge in [0.05, 0.1) is 11.6 Å². The predicted molar refractivity (Wildman–Crippen MR) is 113 cm³/mol. The van der Waals surface area contributed by atoms with Crippen molar-refractivity contribution in [1.82, 2.24) is 10.7 Å². The number of hydrogen-bond donors (Lipinski definition) is 3. The molecule has 0 bridgehead atoms. The Bertz CT molecular complexity index is 841. The monoisotopic (exact) mass is 422 g/mol. The first-order valence-corrected chi connectivity index (χ1v) is 9.39. The minimum atomic E-state index is -0.410. The second kappa shape index (κ2) is 11.3. The molecule has 0 aliphatic rings. The summed E-state index contributed by atoms with van der Waals surface area (Å²) in [4.78, 5) is 0. The summed E-state index contributed by atoms with van der Waals surface area (Å²) in [5, 5.41) is 6.60. The van der Waals surface area contributed by atoms with Crippen molar-refractivity contribution in [2.75, 3.05) is 13.2 Å². The molecule has 0 aliphatic carbocycles. The van der Waals surface area contributed by atoms with Gasteiger partial charge in [-0.3, -0.25) is 0 Å². The molecule has 0 radical (unpaired) electrons. The van der Waals surface area contributed by atoms with E-state index in [9.17, 15) is 4.39 Å². The third-order valence-corrected chi connectivity index (χ3v) is 4.13. The normalized spacial score (nSPS) is 10.5. The summed E-state index contributed by atoms with van der Waals surface area (Å²) in [5.74, 6) is 0.624. The first-order valence-electron chi connectivity index (χ1n) is 8.61. The zero-order valence-electron chi connectivity index (χ0n) is 15.4. The average Bonchev–Trinajstić information content (AvgIpc) is 2.67. The highest BCUT2D eigenvalue weighted by Gasteiger charge is 2.11. The molecule has 0 atom stereocenters. The topological polar surface area (TPSA) is 56.5 Å². The minimum absolute atomic E-state index is 0.00229. The molecule has 0 aromatic heterocycles. The fourth-order valence-corrected chi connectivity index (χ4v) is 2.58. The highest BCUT2D eigenvalue weighted by atomic mass is 35.5. The number of rotatable bonds is 9. The summed E-state index contributed by atoms with van der Waals surface area (Å²) in [7, 11) is 0. The van der Waals surface area contributed by atoms with Crippen LogP contribution < -0.4 is 25.3 Å². The summed E-state index contributed by atoms with van der Waals surface area (Å²) in [6.07, 6.45) is 3.43. The number of nitrogens with one attached hydrogen (secondary N) is 3. The summed E-state index contributed by atoms with van der Waals surface area (Å²) >= 11 is 11.1. The molecule has 0 aliphatic heterocycles. The second-order valence-corrected chi connectivity index (χ2v) is 6.36. The van der Waals surface area contributed by atoms with Crippen LogP contribution in [0.2, 0.25) is 5.02 Å². The van der Waals surface area contributed by atoms with E-state index in [1.54, 1.807) is 36.6 Å². The Morgan fingerprint density at radius 3 is 2.82 bits per heavy atom. The van der Waals surface area contributed by atoms with E-state index in [1.807, 2.05) is 13.0 Å². The fourth-order valence-electron chi connectivity index (χ4n) is 2.22. The molecular weight excluding hydrogens is 401 g/mol. The molecule has 2 rings (SSSR count). The standard InChI is InChI=1S/C20H21ClFN3O2S/c1-3-10-23-20(28)25-24-12-14-8-9-18(19(11-14)26-4-2)27-13-15-16(21)6-5-7-17(15)22/h3,5-9,11-12H,1,4,10,13H2,2H3,(H2,23,25,28)/p+1. The first kappa shape index (κ1) is 21.7. The zero-order chi connectivity index (χ0) is 20.4. The zero-order valence-corrected chi connectivity index (χ0v) is 17.0. The maximum Gasteiger partial charge on any atom is 0.224 e. The van der Waals surface area contributed by atoms with Crippen LogP contribution in [-0.4, -0.2) is 24.5 Å². The molecule has 0 heterocycles. The van der Waals surface area contributed by atoms with E-state index in [-0.39, 0.29) is 6.61 Å². The predicted octanol–water partition coefficient (Wildman–Crippen LogP) is 2.52. The lowest BCUT2D eigenvalue weighted by Crippen LogP contribution is -2.82. The van der Waals surface area contributed by atoms with Crippen molar-refractivity contribution in [2.45, 2.75) is 13.5 Å². The van der Waals surface area contributed by atoms with Crippen LogP contribution in [0.15, 0.2) is 49.1 Å². The van der Waals surface area contributed by atoms with Gasteiger partial charge in [-0.15, -0.1) is 17.1 Å². The van der Waals surface area contributed by atoms with Gasteiger partial charge in [0, 0.05) is 17.7 Å². The molecule has 0 amide bonds. The summed E-state index contributed by atoms with van der Waals surface area (Å²) in [6.45, 7) is 6.51. The molecule has 0 fully saturated rings. The van der Waals surface area contributed by atoms with Crippen LogP contribution in [0, 0.1) is 5.82 Å². The van der Waals surface area contributed by atoms with Gasteiger partial charge < -0.3 is 14.8 Å². The molecule has 148 valence electrons. The van der Waals surface area contributed by atoms with Crippen LogP contribution in [0.25, 0.3) is 0 Å². The Labute approximate surface area is 174 Å². The van der Waals surface area contributed by atoms with Crippen LogP contribution in [-0.2, 0) is 6.61 Å². The van der Waals surface area contributed by atoms with E-state index in [2.05, 4.69) is 22.4 Å². The lowest BCUT2D eigenvalue weighted by atomic mass is 10.2. The maximum absolute atomic E-state index is 13.9. The average molecular weight is 423 g/mol. The van der Waals surface area contributed by atoms with Gasteiger partial charge in [0.2, 0.25) is 5.11 Å². The van der Waals surface area contributed by atoms with Gasteiger partial charge in [-0.05, 0) is 49.5 Å². The molecular formula is C20H22ClFN3O2S+. The molecule has 2 aromatic rings. The smallest absolute Gasteiger partial charge is 0.224 e. The van der Waals surface area contributed by atoms with E-state index in [0.29, 0.717) is 40.3 Å². The van der Waals surface area contributed by atoms with Crippen molar-refractivity contribution >= 4 is 35.1 Å². The summed E-state index contributed by atoms with van der Waals surface area (Å²) < 4.78 is 25.3. The van der Waals surface area contributed by atoms with Gasteiger partial charge >= 0.3 is 0 Å². The van der Waals surface area contributed by atoms with Crippen LogP contribution in [0.3, 0.4) is 0 Å². The number of hydrazone groups is 1. The lowest BCUT2D eigenvalue weighted by molar-refractivity contribution is -0.500. The molecule has 28 heavy (non-hydrogen) atoms. The van der Waals surface area contributed by atoms with Crippen molar-refractivity contribution in [3.8, 4) is 11.5 Å². The van der Waals surface area contributed by atoms with Gasteiger partial charge in [-0.25, -0.2) is 4.39 Å². The Hall–Kier alpha value is -2.64. The van der Waals surface area contributed by atoms with Crippen LogP contribution in [0.1, 0.15) is 18.1 Å². The Balaban J connectivity index is 2.07. The molecule has 8 heteroatoms. The van der Waals surface area contributed by atoms with Gasteiger partial charge in [0.1, 0.15) is 12.4 Å². The van der Waals surface area contributed by atoms with Crippen molar-refractivity contribution in [1.29, 1.82) is 0 Å². The van der Waals surface area contributed by atoms with Gasteiger partial charge in [0.15, 0.2) is 17.7 Å². The number of hydrogen-bond acceptors (Lipinski definition) is 3. The van der Waals surface area contributed by atoms with Gasteiger partial charge in [0.25, 0.3) is 0 Å². The highest BCUT2D eigenvalue weighted by molar-refractivity contribution is 7.80. The highest BCUT2D eigenvalue weighted by Crippen LogP contribution is 2.30. The Morgan fingerprint density at radius 2 is 2.11 bits per heavy atom.